The van der Waals surface area contributed by atoms with E-state index >= 15 is 0 Å². The van der Waals surface area contributed by atoms with Gasteiger partial charge in [-0.3, -0.25) is 4.79 Å². The third-order valence-electron chi connectivity index (χ3n) is 3.07. The number of amides is 2. The second-order valence-corrected chi connectivity index (χ2v) is 5.25. The van der Waals surface area contributed by atoms with E-state index in [1.165, 1.54) is 4.90 Å². The lowest BCUT2D eigenvalue weighted by molar-refractivity contribution is -0.137. The van der Waals surface area contributed by atoms with Gasteiger partial charge in [-0.25, -0.2) is 4.79 Å². The van der Waals surface area contributed by atoms with E-state index in [1.807, 2.05) is 27.7 Å². The first-order chi connectivity index (χ1) is 9.37. The third kappa shape index (κ3) is 5.96. The van der Waals surface area contributed by atoms with Crippen LogP contribution in [0.25, 0.3) is 0 Å². The molecule has 0 aromatic heterocycles. The molecule has 0 aromatic rings. The first-order valence-corrected chi connectivity index (χ1v) is 7.08. The van der Waals surface area contributed by atoms with Crippen LogP contribution in [0.2, 0.25) is 0 Å². The van der Waals surface area contributed by atoms with Crippen molar-refractivity contribution in [2.45, 2.75) is 46.6 Å². The van der Waals surface area contributed by atoms with Crippen molar-refractivity contribution in [1.29, 1.82) is 0 Å². The fourth-order valence-corrected chi connectivity index (χ4v) is 2.15. The van der Waals surface area contributed by atoms with E-state index in [0.29, 0.717) is 12.5 Å². The summed E-state index contributed by atoms with van der Waals surface area (Å²) in [5.74, 6) is 1.62. The van der Waals surface area contributed by atoms with Crippen LogP contribution >= 0.6 is 0 Å². The second kappa shape index (κ2) is 9.24. The summed E-state index contributed by atoms with van der Waals surface area (Å²) >= 11 is 0. The van der Waals surface area contributed by atoms with Gasteiger partial charge < -0.3 is 14.9 Å². The van der Waals surface area contributed by atoms with Gasteiger partial charge in [-0.15, -0.1) is 6.42 Å². The Kier molecular flexibility index (Phi) is 8.46. The molecule has 20 heavy (non-hydrogen) atoms. The Bertz CT molecular complexity index is 357. The van der Waals surface area contributed by atoms with E-state index < -0.39 is 5.97 Å². The molecule has 1 N–H and O–H groups in total. The number of carboxylic acids is 1. The molecule has 0 radical (unpaired) electrons. The number of hydrogen-bond donors (Lipinski definition) is 1. The van der Waals surface area contributed by atoms with Crippen LogP contribution in [-0.4, -0.2) is 52.6 Å². The molecule has 0 aliphatic rings. The van der Waals surface area contributed by atoms with E-state index in [4.69, 9.17) is 11.5 Å². The maximum Gasteiger partial charge on any atom is 0.323 e. The Balaban J connectivity index is 5.14. The number of carboxylic acid groups (broad SMARTS) is 1. The summed E-state index contributed by atoms with van der Waals surface area (Å²) in [5.41, 5.74) is 0. The van der Waals surface area contributed by atoms with Crippen molar-refractivity contribution in [3.8, 4) is 12.3 Å². The van der Waals surface area contributed by atoms with Gasteiger partial charge in [0.1, 0.15) is 6.54 Å². The van der Waals surface area contributed by atoms with Gasteiger partial charge in [-0.1, -0.05) is 33.6 Å². The highest BCUT2D eigenvalue weighted by Gasteiger charge is 2.27. The number of terminal acetylenes is 1. The van der Waals surface area contributed by atoms with Gasteiger partial charge in [-0.2, -0.15) is 0 Å². The number of rotatable bonds is 8. The number of aliphatic carboxylic acids is 1. The fraction of sp³-hybridized carbons (Fsp3) is 0.733. The maximum absolute atomic E-state index is 12.6. The quantitative estimate of drug-likeness (QED) is 0.695. The van der Waals surface area contributed by atoms with Crippen LogP contribution in [0.1, 0.15) is 40.5 Å². The Morgan fingerprint density at radius 2 is 1.80 bits per heavy atom. The summed E-state index contributed by atoms with van der Waals surface area (Å²) in [7, 11) is 0. The van der Waals surface area contributed by atoms with Crippen molar-refractivity contribution >= 4 is 12.0 Å². The van der Waals surface area contributed by atoms with Crippen LogP contribution in [0.3, 0.4) is 0 Å². The zero-order valence-corrected chi connectivity index (χ0v) is 12.9. The molecule has 114 valence electrons. The van der Waals surface area contributed by atoms with Crippen LogP contribution < -0.4 is 0 Å². The zero-order valence-electron chi connectivity index (χ0n) is 12.9. The Morgan fingerprint density at radius 3 is 2.15 bits per heavy atom. The molecule has 5 heteroatoms. The molecule has 5 nitrogen and oxygen atoms in total. The molecule has 0 unspecified atom stereocenters. The zero-order chi connectivity index (χ0) is 15.7. The standard InChI is InChI=1S/C15H26N2O3/c1-6-9-16(11-14(18)19)15(20)17(10-12(4)5)13(7-2)8-3/h1,12-13H,7-11H2,2-5H3,(H,18,19). The molecule has 0 atom stereocenters. The topological polar surface area (TPSA) is 60.9 Å². The molecule has 0 aliphatic heterocycles. The van der Waals surface area contributed by atoms with Crippen molar-refractivity contribution in [3.63, 3.8) is 0 Å². The molecule has 0 aromatic carbocycles. The minimum absolute atomic E-state index is 0.0138. The Labute approximate surface area is 121 Å². The number of nitrogens with zero attached hydrogens (tertiary/aromatic N) is 2. The third-order valence-corrected chi connectivity index (χ3v) is 3.07. The summed E-state index contributed by atoms with van der Waals surface area (Å²) in [6.45, 7) is 8.37. The van der Waals surface area contributed by atoms with Crippen LogP contribution in [0.4, 0.5) is 4.79 Å². The summed E-state index contributed by atoms with van der Waals surface area (Å²) in [5, 5.41) is 8.90. The lowest BCUT2D eigenvalue weighted by Crippen LogP contribution is -2.50. The molecule has 0 spiro atoms. The van der Waals surface area contributed by atoms with E-state index in [1.54, 1.807) is 4.90 Å². The maximum atomic E-state index is 12.6. The van der Waals surface area contributed by atoms with Crippen molar-refractivity contribution in [1.82, 2.24) is 9.80 Å². The van der Waals surface area contributed by atoms with Gasteiger partial charge in [0.15, 0.2) is 0 Å². The van der Waals surface area contributed by atoms with Gasteiger partial charge in [-0.05, 0) is 18.8 Å². The fourth-order valence-electron chi connectivity index (χ4n) is 2.15. The molecule has 0 bridgehead atoms. The highest BCUT2D eigenvalue weighted by Crippen LogP contribution is 2.14. The monoisotopic (exact) mass is 282 g/mol. The predicted molar refractivity (Wildman–Crippen MR) is 79.4 cm³/mol. The normalized spacial score (nSPS) is 10.4. The van der Waals surface area contributed by atoms with Gasteiger partial charge in [0.25, 0.3) is 0 Å². The van der Waals surface area contributed by atoms with Crippen LogP contribution in [-0.2, 0) is 4.79 Å². The summed E-state index contributed by atoms with van der Waals surface area (Å²) in [4.78, 5) is 26.4. The minimum atomic E-state index is -1.05. The summed E-state index contributed by atoms with van der Waals surface area (Å²) in [6.07, 6.45) is 6.91. The van der Waals surface area contributed by atoms with E-state index in [-0.39, 0.29) is 25.2 Å². The average molecular weight is 282 g/mol. The number of carbonyl (C=O) groups excluding carboxylic acids is 1. The second-order valence-electron chi connectivity index (χ2n) is 5.25. The highest BCUT2D eigenvalue weighted by molar-refractivity contribution is 5.80. The first kappa shape index (κ1) is 18.3. The molecule has 0 heterocycles. The van der Waals surface area contributed by atoms with E-state index in [9.17, 15) is 9.59 Å². The first-order valence-electron chi connectivity index (χ1n) is 7.08. The van der Waals surface area contributed by atoms with E-state index in [2.05, 4.69) is 5.92 Å². The van der Waals surface area contributed by atoms with E-state index in [0.717, 1.165) is 12.8 Å². The molecule has 0 aliphatic carbocycles. The van der Waals surface area contributed by atoms with Gasteiger partial charge in [0, 0.05) is 12.6 Å². The van der Waals surface area contributed by atoms with Crippen LogP contribution in [0, 0.1) is 18.3 Å². The largest absolute Gasteiger partial charge is 0.480 e. The number of hydrogen-bond acceptors (Lipinski definition) is 2. The molecule has 2 amide bonds. The van der Waals surface area contributed by atoms with Crippen LogP contribution in [0.5, 0.6) is 0 Å². The molecule has 0 fully saturated rings. The average Bonchev–Trinajstić information content (AvgIpc) is 2.36. The predicted octanol–water partition coefficient (Wildman–Crippen LogP) is 2.27. The number of urea groups is 1. The minimum Gasteiger partial charge on any atom is -0.480 e. The molecular weight excluding hydrogens is 256 g/mol. The molecule has 0 rings (SSSR count). The Morgan fingerprint density at radius 1 is 1.25 bits per heavy atom. The molecular formula is C15H26N2O3. The lowest BCUT2D eigenvalue weighted by atomic mass is 10.1. The number of carbonyl (C=O) groups is 2. The molecule has 0 saturated carbocycles. The van der Waals surface area contributed by atoms with Gasteiger partial charge in [0.05, 0.1) is 6.54 Å². The summed E-state index contributed by atoms with van der Waals surface area (Å²) < 4.78 is 0. The smallest absolute Gasteiger partial charge is 0.323 e. The van der Waals surface area contributed by atoms with Gasteiger partial charge in [0.2, 0.25) is 0 Å². The molecule has 0 saturated heterocycles. The highest BCUT2D eigenvalue weighted by atomic mass is 16.4. The van der Waals surface area contributed by atoms with Crippen molar-refractivity contribution in [2.75, 3.05) is 19.6 Å². The van der Waals surface area contributed by atoms with Crippen molar-refractivity contribution < 1.29 is 14.7 Å². The van der Waals surface area contributed by atoms with Crippen molar-refractivity contribution in [2.24, 2.45) is 5.92 Å². The van der Waals surface area contributed by atoms with Crippen molar-refractivity contribution in [3.05, 3.63) is 0 Å². The Hall–Kier alpha value is -1.70. The summed E-state index contributed by atoms with van der Waals surface area (Å²) in [6, 6.07) is -0.174. The lowest BCUT2D eigenvalue weighted by Gasteiger charge is -2.35. The van der Waals surface area contributed by atoms with Gasteiger partial charge >= 0.3 is 12.0 Å². The SMILES string of the molecule is C#CCN(CC(=O)O)C(=O)N(CC(C)C)C(CC)CC. The van der Waals surface area contributed by atoms with Crippen LogP contribution in [0.15, 0.2) is 0 Å².